The van der Waals surface area contributed by atoms with Crippen LogP contribution in [-0.2, 0) is 0 Å². The first kappa shape index (κ1) is 12.6. The molecule has 0 aliphatic carbocycles. The zero-order chi connectivity index (χ0) is 13.5. The molecule has 1 heteroatoms. The average Bonchev–Trinajstić information content (AvgIpc) is 3.16. The van der Waals surface area contributed by atoms with Crippen molar-refractivity contribution in [2.45, 2.75) is 25.9 Å². The van der Waals surface area contributed by atoms with Crippen molar-refractivity contribution in [1.82, 2.24) is 0 Å². The molecule has 0 atom stereocenters. The van der Waals surface area contributed by atoms with Gasteiger partial charge >= 0.3 is 0 Å². The Balaban J connectivity index is 2.06. The summed E-state index contributed by atoms with van der Waals surface area (Å²) >= 11 is 0. The highest BCUT2D eigenvalue weighted by atomic mass is 31.1. The Labute approximate surface area is 116 Å². The van der Waals surface area contributed by atoms with Crippen molar-refractivity contribution in [2.24, 2.45) is 0 Å². The summed E-state index contributed by atoms with van der Waals surface area (Å²) in [6, 6.07) is 21.7. The molecule has 0 bridgehead atoms. The highest BCUT2D eigenvalue weighted by Crippen LogP contribution is 2.83. The molecule has 0 radical (unpaired) electrons. The van der Waals surface area contributed by atoms with Crippen LogP contribution in [0.15, 0.2) is 60.7 Å². The lowest BCUT2D eigenvalue weighted by atomic mass is 10.1. The first-order valence-electron chi connectivity index (χ1n) is 6.74. The second kappa shape index (κ2) is 4.62. The highest BCUT2D eigenvalue weighted by Gasteiger charge is 2.45. The molecule has 1 aliphatic heterocycles. The molecule has 0 unspecified atom stereocenters. The van der Waals surface area contributed by atoms with E-state index in [4.69, 9.17) is 0 Å². The minimum atomic E-state index is -0.138. The van der Waals surface area contributed by atoms with Crippen molar-refractivity contribution in [3.8, 4) is 0 Å². The van der Waals surface area contributed by atoms with Gasteiger partial charge in [0.2, 0.25) is 0 Å². The number of hydrogen-bond donors (Lipinski definition) is 0. The maximum absolute atomic E-state index is 2.36. The summed E-state index contributed by atoms with van der Waals surface area (Å²) < 4.78 is 0. The van der Waals surface area contributed by atoms with E-state index in [0.29, 0.717) is 5.16 Å². The fourth-order valence-corrected chi connectivity index (χ4v) is 5.45. The van der Waals surface area contributed by atoms with Crippen LogP contribution >= 0.6 is 7.92 Å². The van der Waals surface area contributed by atoms with Gasteiger partial charge in [0.05, 0.1) is 0 Å². The van der Waals surface area contributed by atoms with Crippen LogP contribution in [0.25, 0.3) is 10.6 Å². The van der Waals surface area contributed by atoms with Gasteiger partial charge in [-0.25, -0.2) is 0 Å². The lowest BCUT2D eigenvalue weighted by Gasteiger charge is -2.20. The first-order valence-corrected chi connectivity index (χ1v) is 8.08. The van der Waals surface area contributed by atoms with Gasteiger partial charge in [-0.2, -0.15) is 0 Å². The Morgan fingerprint density at radius 3 is 1.32 bits per heavy atom. The molecule has 96 valence electrons. The first-order chi connectivity index (χ1) is 9.09. The third kappa shape index (κ3) is 2.38. The van der Waals surface area contributed by atoms with E-state index in [1.807, 2.05) is 0 Å². The molecule has 19 heavy (non-hydrogen) atoms. The SMILES string of the molecule is CC(C)(C)P1C(c2ccccc2)=C1c1ccccc1. The predicted octanol–water partition coefficient (Wildman–Crippen LogP) is 5.81. The summed E-state index contributed by atoms with van der Waals surface area (Å²) in [7, 11) is -0.138. The summed E-state index contributed by atoms with van der Waals surface area (Å²) in [5, 5.41) is 3.54. The monoisotopic (exact) mass is 266 g/mol. The lowest BCUT2D eigenvalue weighted by molar-refractivity contribution is 0.797. The Kier molecular flexibility index (Phi) is 3.07. The normalized spacial score (nSPS) is 15.7. The van der Waals surface area contributed by atoms with E-state index >= 15 is 0 Å². The van der Waals surface area contributed by atoms with Crippen molar-refractivity contribution in [1.29, 1.82) is 0 Å². The Morgan fingerprint density at radius 2 is 1.00 bits per heavy atom. The summed E-state index contributed by atoms with van der Waals surface area (Å²) in [4.78, 5) is 0. The van der Waals surface area contributed by atoms with E-state index in [1.165, 1.54) is 11.1 Å². The summed E-state index contributed by atoms with van der Waals surface area (Å²) in [5.41, 5.74) is 2.81. The minimum absolute atomic E-state index is 0.138. The molecule has 0 fully saturated rings. The van der Waals surface area contributed by atoms with E-state index in [2.05, 4.69) is 81.4 Å². The smallest absolute Gasteiger partial charge is 0.00314 e. The molecule has 0 N–H and O–H groups in total. The van der Waals surface area contributed by atoms with Crippen molar-refractivity contribution in [3.05, 3.63) is 71.8 Å². The fourth-order valence-electron chi connectivity index (χ4n) is 2.56. The minimum Gasteiger partial charge on any atom is -0.0622 e. The molecule has 2 aromatic carbocycles. The fraction of sp³-hybridized carbons (Fsp3) is 0.222. The standard InChI is InChI=1S/C18H19P/c1-18(2,3)19-16(14-10-6-4-7-11-14)17(19)15-12-8-5-9-13-15/h4-13H,1-3H3. The number of hydrogen-bond acceptors (Lipinski definition) is 0. The van der Waals surface area contributed by atoms with Crippen molar-refractivity contribution in [2.75, 3.05) is 0 Å². The van der Waals surface area contributed by atoms with Gasteiger partial charge in [-0.3, -0.25) is 0 Å². The maximum atomic E-state index is 2.36. The molecule has 1 aliphatic rings. The van der Waals surface area contributed by atoms with Gasteiger partial charge in [0.25, 0.3) is 0 Å². The Bertz CT molecular complexity index is 554. The molecule has 0 spiro atoms. The molecule has 0 nitrogen and oxygen atoms in total. The predicted molar refractivity (Wildman–Crippen MR) is 86.4 cm³/mol. The van der Waals surface area contributed by atoms with Crippen molar-refractivity contribution < 1.29 is 0 Å². The molecule has 0 aromatic heterocycles. The molecular weight excluding hydrogens is 247 g/mol. The second-order valence-corrected chi connectivity index (χ2v) is 8.84. The number of benzene rings is 2. The number of rotatable bonds is 2. The highest BCUT2D eigenvalue weighted by molar-refractivity contribution is 7.90. The molecule has 0 saturated heterocycles. The largest absolute Gasteiger partial charge is 0.0622 e. The van der Waals surface area contributed by atoms with E-state index in [9.17, 15) is 0 Å². The molecule has 3 rings (SSSR count). The van der Waals surface area contributed by atoms with Gasteiger partial charge in [-0.15, -0.1) is 0 Å². The van der Waals surface area contributed by atoms with Gasteiger partial charge in [0, 0.05) is 0 Å². The molecule has 0 saturated carbocycles. The van der Waals surface area contributed by atoms with Crippen molar-refractivity contribution in [3.63, 3.8) is 0 Å². The van der Waals surface area contributed by atoms with E-state index in [1.54, 1.807) is 10.6 Å². The summed E-state index contributed by atoms with van der Waals surface area (Å²) in [6.07, 6.45) is 0. The van der Waals surface area contributed by atoms with Gasteiger partial charge in [-0.1, -0.05) is 81.4 Å². The van der Waals surface area contributed by atoms with E-state index < -0.39 is 0 Å². The average molecular weight is 266 g/mol. The van der Waals surface area contributed by atoms with Crippen LogP contribution in [0.5, 0.6) is 0 Å². The van der Waals surface area contributed by atoms with Gasteiger partial charge < -0.3 is 0 Å². The van der Waals surface area contributed by atoms with Crippen LogP contribution < -0.4 is 0 Å². The van der Waals surface area contributed by atoms with E-state index in [0.717, 1.165) is 0 Å². The van der Waals surface area contributed by atoms with Crippen LogP contribution in [0.3, 0.4) is 0 Å². The molecule has 0 amide bonds. The zero-order valence-electron chi connectivity index (χ0n) is 11.7. The third-order valence-corrected chi connectivity index (χ3v) is 6.36. The molecule has 1 heterocycles. The zero-order valence-corrected chi connectivity index (χ0v) is 12.6. The van der Waals surface area contributed by atoms with E-state index in [-0.39, 0.29) is 7.92 Å². The summed E-state index contributed by atoms with van der Waals surface area (Å²) in [5.74, 6) is 0. The van der Waals surface area contributed by atoms with Crippen molar-refractivity contribution >= 4 is 18.5 Å². The van der Waals surface area contributed by atoms with Gasteiger partial charge in [0.1, 0.15) is 0 Å². The van der Waals surface area contributed by atoms with Gasteiger partial charge in [-0.05, 0) is 34.8 Å². The molecular formula is C18H19P. The van der Waals surface area contributed by atoms with Crippen LogP contribution in [0.1, 0.15) is 31.9 Å². The topological polar surface area (TPSA) is 0 Å². The maximum Gasteiger partial charge on any atom is -0.00314 e. The van der Waals surface area contributed by atoms with Crippen LogP contribution in [0.4, 0.5) is 0 Å². The summed E-state index contributed by atoms with van der Waals surface area (Å²) in [6.45, 7) is 7.08. The lowest BCUT2D eigenvalue weighted by Crippen LogP contribution is -2.05. The Hall–Kier alpha value is -1.39. The Morgan fingerprint density at radius 1 is 0.632 bits per heavy atom. The van der Waals surface area contributed by atoms with Crippen LogP contribution in [-0.4, -0.2) is 5.16 Å². The third-order valence-electron chi connectivity index (χ3n) is 3.39. The quantitative estimate of drug-likeness (QED) is 0.602. The van der Waals surface area contributed by atoms with Crippen LogP contribution in [0, 0.1) is 0 Å². The van der Waals surface area contributed by atoms with Crippen LogP contribution in [0.2, 0.25) is 0 Å². The second-order valence-electron chi connectivity index (χ2n) is 5.94. The molecule has 2 aromatic rings. The van der Waals surface area contributed by atoms with Gasteiger partial charge in [0.15, 0.2) is 0 Å².